The highest BCUT2D eigenvalue weighted by Crippen LogP contribution is 2.20. The Kier molecular flexibility index (Phi) is 5.38. The molecule has 0 bridgehead atoms. The van der Waals surface area contributed by atoms with E-state index in [1.54, 1.807) is 6.07 Å². The van der Waals surface area contributed by atoms with Crippen LogP contribution in [0.25, 0.3) is 0 Å². The summed E-state index contributed by atoms with van der Waals surface area (Å²) in [5.74, 6) is 5.27. The molecule has 0 aliphatic heterocycles. The fourth-order valence-corrected chi connectivity index (χ4v) is 2.38. The lowest BCUT2D eigenvalue weighted by atomic mass is 9.99. The summed E-state index contributed by atoms with van der Waals surface area (Å²) < 4.78 is 13.2. The second-order valence-electron chi connectivity index (χ2n) is 4.63. The second kappa shape index (κ2) is 7.04. The molecule has 3 N–H and O–H groups in total. The van der Waals surface area contributed by atoms with Gasteiger partial charge < -0.3 is 0 Å². The highest BCUT2D eigenvalue weighted by Gasteiger charge is 2.12. The Bertz CT molecular complexity index is 573. The van der Waals surface area contributed by atoms with Gasteiger partial charge in [0.25, 0.3) is 0 Å². The van der Waals surface area contributed by atoms with Crippen molar-refractivity contribution in [2.24, 2.45) is 5.84 Å². The van der Waals surface area contributed by atoms with Crippen molar-refractivity contribution in [2.45, 2.75) is 18.9 Å². The minimum absolute atomic E-state index is 0.0320. The van der Waals surface area contributed by atoms with Crippen LogP contribution in [0.4, 0.5) is 4.39 Å². The van der Waals surface area contributed by atoms with Gasteiger partial charge in [-0.1, -0.05) is 35.3 Å². The first-order valence-corrected chi connectivity index (χ1v) is 6.98. The molecule has 0 saturated carbocycles. The molecule has 2 aromatic carbocycles. The van der Waals surface area contributed by atoms with Crippen molar-refractivity contribution in [1.29, 1.82) is 0 Å². The van der Waals surface area contributed by atoms with E-state index in [-0.39, 0.29) is 11.9 Å². The number of hydrogen-bond donors (Lipinski definition) is 2. The smallest absolute Gasteiger partial charge is 0.123 e. The van der Waals surface area contributed by atoms with Gasteiger partial charge >= 0.3 is 0 Å². The molecule has 2 nitrogen and oxygen atoms in total. The summed E-state index contributed by atoms with van der Waals surface area (Å²) in [6, 6.07) is 11.9. The van der Waals surface area contributed by atoms with Gasteiger partial charge in [-0.15, -0.1) is 0 Å². The van der Waals surface area contributed by atoms with Gasteiger partial charge in [-0.05, 0) is 54.3 Å². The SMILES string of the molecule is NNC(Cc1ccc(Cl)cc1)Cc1cc(F)ccc1Cl. The summed E-state index contributed by atoms with van der Waals surface area (Å²) in [5.41, 5.74) is 4.59. The first-order valence-electron chi connectivity index (χ1n) is 6.23. The third-order valence-corrected chi connectivity index (χ3v) is 3.73. The van der Waals surface area contributed by atoms with E-state index in [2.05, 4.69) is 5.43 Å². The molecule has 20 heavy (non-hydrogen) atoms. The third kappa shape index (κ3) is 4.18. The van der Waals surface area contributed by atoms with Crippen LogP contribution in [-0.4, -0.2) is 6.04 Å². The second-order valence-corrected chi connectivity index (χ2v) is 5.48. The molecule has 0 aliphatic rings. The summed E-state index contributed by atoms with van der Waals surface area (Å²) >= 11 is 11.9. The number of benzene rings is 2. The molecule has 0 amide bonds. The van der Waals surface area contributed by atoms with E-state index in [0.717, 1.165) is 11.1 Å². The van der Waals surface area contributed by atoms with E-state index >= 15 is 0 Å². The van der Waals surface area contributed by atoms with Crippen LogP contribution in [0.5, 0.6) is 0 Å². The predicted octanol–water partition coefficient (Wildman–Crippen LogP) is 3.75. The molecule has 1 atom stereocenters. The molecule has 0 spiro atoms. The molecule has 0 saturated heterocycles. The Morgan fingerprint density at radius 2 is 1.75 bits per heavy atom. The Balaban J connectivity index is 2.08. The molecule has 0 aliphatic carbocycles. The summed E-state index contributed by atoms with van der Waals surface area (Å²) in [7, 11) is 0. The zero-order valence-corrected chi connectivity index (χ0v) is 12.3. The van der Waals surface area contributed by atoms with E-state index in [1.807, 2.05) is 24.3 Å². The maximum Gasteiger partial charge on any atom is 0.123 e. The van der Waals surface area contributed by atoms with Gasteiger partial charge in [0.2, 0.25) is 0 Å². The lowest BCUT2D eigenvalue weighted by molar-refractivity contribution is 0.520. The lowest BCUT2D eigenvalue weighted by Crippen LogP contribution is -2.38. The summed E-state index contributed by atoms with van der Waals surface area (Å²) in [6.45, 7) is 0. The Morgan fingerprint density at radius 3 is 2.40 bits per heavy atom. The van der Waals surface area contributed by atoms with Crippen molar-refractivity contribution in [3.05, 3.63) is 69.5 Å². The van der Waals surface area contributed by atoms with Crippen LogP contribution in [0.2, 0.25) is 10.0 Å². The van der Waals surface area contributed by atoms with Crippen molar-refractivity contribution in [3.63, 3.8) is 0 Å². The van der Waals surface area contributed by atoms with Crippen LogP contribution in [0.3, 0.4) is 0 Å². The van der Waals surface area contributed by atoms with Crippen LogP contribution in [-0.2, 0) is 12.8 Å². The van der Waals surface area contributed by atoms with Crippen LogP contribution in [0.1, 0.15) is 11.1 Å². The van der Waals surface area contributed by atoms with Crippen LogP contribution >= 0.6 is 23.2 Å². The van der Waals surface area contributed by atoms with Crippen molar-refractivity contribution in [1.82, 2.24) is 5.43 Å². The number of nitrogens with one attached hydrogen (secondary N) is 1. The van der Waals surface area contributed by atoms with Gasteiger partial charge in [-0.25, -0.2) is 4.39 Å². The first kappa shape index (κ1) is 15.3. The lowest BCUT2D eigenvalue weighted by Gasteiger charge is -2.17. The molecular formula is C15H15Cl2FN2. The third-order valence-electron chi connectivity index (χ3n) is 3.11. The number of hydrazine groups is 1. The minimum Gasteiger partial charge on any atom is -0.271 e. The average molecular weight is 313 g/mol. The molecule has 0 aromatic heterocycles. The largest absolute Gasteiger partial charge is 0.271 e. The number of hydrogen-bond acceptors (Lipinski definition) is 2. The van der Waals surface area contributed by atoms with Crippen molar-refractivity contribution < 1.29 is 4.39 Å². The van der Waals surface area contributed by atoms with Crippen molar-refractivity contribution >= 4 is 23.2 Å². The zero-order chi connectivity index (χ0) is 14.5. The molecule has 0 heterocycles. The maximum absolute atomic E-state index is 13.2. The average Bonchev–Trinajstić information content (AvgIpc) is 2.44. The van der Waals surface area contributed by atoms with E-state index in [9.17, 15) is 4.39 Å². The maximum atomic E-state index is 13.2. The molecule has 2 rings (SSSR count). The summed E-state index contributed by atoms with van der Waals surface area (Å²) in [4.78, 5) is 0. The molecule has 5 heteroatoms. The van der Waals surface area contributed by atoms with E-state index in [1.165, 1.54) is 12.1 Å². The predicted molar refractivity (Wildman–Crippen MR) is 81.4 cm³/mol. The Labute approximate surface area is 127 Å². The minimum atomic E-state index is -0.299. The van der Waals surface area contributed by atoms with Crippen molar-refractivity contribution in [2.75, 3.05) is 0 Å². The topological polar surface area (TPSA) is 38.0 Å². The molecule has 106 valence electrons. The van der Waals surface area contributed by atoms with Gasteiger partial charge in [-0.2, -0.15) is 0 Å². The summed E-state index contributed by atoms with van der Waals surface area (Å²) in [5, 5.41) is 1.24. The molecular weight excluding hydrogens is 298 g/mol. The molecule has 0 radical (unpaired) electrons. The molecule has 1 unspecified atom stereocenters. The fraction of sp³-hybridized carbons (Fsp3) is 0.200. The Morgan fingerprint density at radius 1 is 1.05 bits per heavy atom. The van der Waals surface area contributed by atoms with Crippen LogP contribution in [0.15, 0.2) is 42.5 Å². The molecule has 0 fully saturated rings. The van der Waals surface area contributed by atoms with Gasteiger partial charge in [-0.3, -0.25) is 11.3 Å². The van der Waals surface area contributed by atoms with Gasteiger partial charge in [0.1, 0.15) is 5.82 Å². The van der Waals surface area contributed by atoms with Crippen LogP contribution in [0, 0.1) is 5.82 Å². The molecule has 2 aromatic rings. The first-order chi connectivity index (χ1) is 9.58. The van der Waals surface area contributed by atoms with E-state index in [0.29, 0.717) is 22.9 Å². The number of rotatable bonds is 5. The highest BCUT2D eigenvalue weighted by atomic mass is 35.5. The Hall–Kier alpha value is -1.13. The van der Waals surface area contributed by atoms with Crippen LogP contribution < -0.4 is 11.3 Å². The normalized spacial score (nSPS) is 12.4. The standard InChI is InChI=1S/C15H15Cl2FN2/c16-12-3-1-10(2-4-12)7-14(20-19)9-11-8-13(18)5-6-15(11)17/h1-6,8,14,20H,7,9,19H2. The van der Waals surface area contributed by atoms with Gasteiger partial charge in [0, 0.05) is 16.1 Å². The number of halogens is 3. The van der Waals surface area contributed by atoms with Crippen molar-refractivity contribution in [3.8, 4) is 0 Å². The van der Waals surface area contributed by atoms with Gasteiger partial charge in [0.15, 0.2) is 0 Å². The van der Waals surface area contributed by atoms with E-state index < -0.39 is 0 Å². The zero-order valence-electron chi connectivity index (χ0n) is 10.7. The summed E-state index contributed by atoms with van der Waals surface area (Å²) in [6.07, 6.45) is 1.26. The fourth-order valence-electron chi connectivity index (χ4n) is 2.06. The monoisotopic (exact) mass is 312 g/mol. The number of nitrogens with two attached hydrogens (primary N) is 1. The van der Waals surface area contributed by atoms with E-state index in [4.69, 9.17) is 29.0 Å². The quantitative estimate of drug-likeness (QED) is 0.652. The van der Waals surface area contributed by atoms with Gasteiger partial charge in [0.05, 0.1) is 0 Å². The highest BCUT2D eigenvalue weighted by molar-refractivity contribution is 6.31.